The number of halogens is 4. The molecule has 0 unspecified atom stereocenters. The van der Waals surface area contributed by atoms with E-state index in [0.717, 1.165) is 44.5 Å². The van der Waals surface area contributed by atoms with Gasteiger partial charge in [0.05, 0.1) is 0 Å². The molecule has 0 radical (unpaired) electrons. The third-order valence-corrected chi connectivity index (χ3v) is 6.79. The highest BCUT2D eigenvalue weighted by atomic mass is 79.9. The average molecular weight is 808 g/mol. The van der Waals surface area contributed by atoms with Crippen molar-refractivity contribution in [3.8, 4) is 0 Å². The predicted octanol–water partition coefficient (Wildman–Crippen LogP) is 8.07. The van der Waals surface area contributed by atoms with Crippen molar-refractivity contribution in [2.75, 3.05) is 0 Å². The van der Waals surface area contributed by atoms with E-state index in [9.17, 15) is 19.2 Å². The zero-order valence-corrected chi connectivity index (χ0v) is 28.1. The molecule has 0 aliphatic heterocycles. The summed E-state index contributed by atoms with van der Waals surface area (Å²) in [5.41, 5.74) is 7.45. The largest absolute Gasteiger partial charge is 0.380 e. The van der Waals surface area contributed by atoms with Gasteiger partial charge in [0.2, 0.25) is 0 Å². The second kappa shape index (κ2) is 18.5. The monoisotopic (exact) mass is 804 g/mol. The van der Waals surface area contributed by atoms with Crippen molar-refractivity contribution in [3.05, 3.63) is 93.1 Å². The van der Waals surface area contributed by atoms with Crippen LogP contribution in [-0.4, -0.2) is 23.9 Å². The molecule has 2 aromatic carbocycles. The molecule has 0 aliphatic rings. The van der Waals surface area contributed by atoms with E-state index in [2.05, 4.69) is 80.3 Å². The first kappa shape index (κ1) is 35.2. The summed E-state index contributed by atoms with van der Waals surface area (Å²) in [6.45, 7) is 7.81. The van der Waals surface area contributed by atoms with E-state index in [0.29, 0.717) is 0 Å². The molecule has 0 bridgehead atoms. The molecule has 0 N–H and O–H groups in total. The molecular weight excluding hydrogens is 784 g/mol. The Bertz CT molecular complexity index is 1260. The van der Waals surface area contributed by atoms with Crippen LogP contribution in [0.4, 0.5) is 0 Å². The van der Waals surface area contributed by atoms with Crippen molar-refractivity contribution in [1.29, 1.82) is 0 Å². The van der Waals surface area contributed by atoms with E-state index in [1.807, 2.05) is 52.0 Å². The summed E-state index contributed by atoms with van der Waals surface area (Å²) in [7, 11) is 0. The minimum absolute atomic E-state index is 0.513. The maximum atomic E-state index is 11.2. The van der Waals surface area contributed by atoms with E-state index in [1.54, 1.807) is 24.3 Å². The van der Waals surface area contributed by atoms with Crippen LogP contribution in [0, 0.1) is 27.7 Å². The van der Waals surface area contributed by atoms with Crippen LogP contribution in [0.5, 0.6) is 0 Å². The fourth-order valence-corrected chi connectivity index (χ4v) is 3.60. The molecule has 12 heteroatoms. The van der Waals surface area contributed by atoms with Crippen molar-refractivity contribution in [3.63, 3.8) is 0 Å². The van der Waals surface area contributed by atoms with Gasteiger partial charge in [-0.25, -0.2) is 19.2 Å². The molecule has 0 aliphatic carbocycles. The lowest BCUT2D eigenvalue weighted by atomic mass is 9.97. The molecule has 0 heterocycles. The molecule has 0 saturated heterocycles. The number of carbonyl (C=O) groups is 4. The maximum absolute atomic E-state index is 11.2. The molecule has 0 atom stereocenters. The van der Waals surface area contributed by atoms with Crippen molar-refractivity contribution < 1.29 is 34.5 Å². The number of benzene rings is 2. The van der Waals surface area contributed by atoms with Crippen LogP contribution in [0.25, 0.3) is 24.3 Å². The van der Waals surface area contributed by atoms with Gasteiger partial charge >= 0.3 is 23.9 Å². The fraction of sp³-hybridized carbons (Fsp3) is 0.143. The topological polar surface area (TPSA) is 105 Å². The van der Waals surface area contributed by atoms with Crippen molar-refractivity contribution >= 4 is 113 Å². The van der Waals surface area contributed by atoms with Crippen LogP contribution in [0.2, 0.25) is 0 Å². The molecule has 40 heavy (non-hydrogen) atoms. The van der Waals surface area contributed by atoms with E-state index >= 15 is 0 Å². The summed E-state index contributed by atoms with van der Waals surface area (Å²) >= 11 is 10.5. The third-order valence-electron chi connectivity index (χ3n) is 5.51. The summed E-state index contributed by atoms with van der Waals surface area (Å²) in [5.74, 6) is -2.06. The SMILES string of the molecule is Cc1ccc(C=CC(=O)OBr)c(C=CC(=O)OBr)c1C.Cc1ccc(C=CC(=O)OBr)c(C=CC(=O)OBr)c1C. The van der Waals surface area contributed by atoms with Gasteiger partial charge in [-0.2, -0.15) is 0 Å². The van der Waals surface area contributed by atoms with Crippen molar-refractivity contribution in [1.82, 2.24) is 0 Å². The van der Waals surface area contributed by atoms with Gasteiger partial charge < -0.3 is 15.3 Å². The lowest BCUT2D eigenvalue weighted by Crippen LogP contribution is -1.94. The standard InChI is InChI=1S/2C14H12Br2O4/c2*1-9-3-4-11(5-7-13(17)19-15)12(10(9)2)6-8-14(18)20-16/h2*3-8H,1-2H3. The zero-order chi connectivity index (χ0) is 30.2. The normalized spacial score (nSPS) is 11.0. The molecular formula is C28H24Br4O8. The first-order chi connectivity index (χ1) is 19.0. The summed E-state index contributed by atoms with van der Waals surface area (Å²) in [5, 5.41) is 0. The second-order valence-electron chi connectivity index (χ2n) is 7.94. The predicted molar refractivity (Wildman–Crippen MR) is 168 cm³/mol. The van der Waals surface area contributed by atoms with E-state index in [-0.39, 0.29) is 0 Å². The number of carbonyl (C=O) groups excluding carboxylic acids is 4. The lowest BCUT2D eigenvalue weighted by Gasteiger charge is -2.08. The molecule has 0 spiro atoms. The Hall–Kier alpha value is -2.80. The minimum atomic E-state index is -0.516. The molecule has 2 aromatic rings. The highest BCUT2D eigenvalue weighted by Crippen LogP contribution is 2.22. The lowest BCUT2D eigenvalue weighted by molar-refractivity contribution is -0.127. The van der Waals surface area contributed by atoms with Crippen LogP contribution < -0.4 is 0 Å². The summed E-state index contributed by atoms with van der Waals surface area (Å²) in [6.07, 6.45) is 11.7. The van der Waals surface area contributed by atoms with Gasteiger partial charge in [-0.05, 0) is 96.5 Å². The maximum Gasteiger partial charge on any atom is 0.342 e. The molecule has 212 valence electrons. The van der Waals surface area contributed by atoms with Gasteiger partial charge in [-0.1, -0.05) is 24.3 Å². The Labute approximate surface area is 266 Å². The molecule has 2 rings (SSSR count). The third kappa shape index (κ3) is 11.7. The minimum Gasteiger partial charge on any atom is -0.380 e. The van der Waals surface area contributed by atoms with Crippen molar-refractivity contribution in [2.45, 2.75) is 27.7 Å². The number of rotatable bonds is 8. The molecule has 0 amide bonds. The Morgan fingerprint density at radius 3 is 1.05 bits per heavy atom. The number of hydrogen-bond acceptors (Lipinski definition) is 8. The number of aryl methyl sites for hydroxylation is 2. The van der Waals surface area contributed by atoms with Crippen LogP contribution in [-0.2, 0) is 34.5 Å². The second-order valence-corrected chi connectivity index (χ2v) is 9.23. The van der Waals surface area contributed by atoms with Gasteiger partial charge in [0.15, 0.2) is 65.0 Å². The van der Waals surface area contributed by atoms with Gasteiger partial charge in [-0.15, -0.1) is 0 Å². The van der Waals surface area contributed by atoms with Crippen LogP contribution in [0.1, 0.15) is 44.5 Å². The zero-order valence-electron chi connectivity index (χ0n) is 21.7. The quantitative estimate of drug-likeness (QED) is 0.247. The van der Waals surface area contributed by atoms with Gasteiger partial charge in [0.1, 0.15) is 0 Å². The van der Waals surface area contributed by atoms with Crippen molar-refractivity contribution in [2.24, 2.45) is 0 Å². The van der Waals surface area contributed by atoms with Crippen LogP contribution in [0.3, 0.4) is 0 Å². The molecule has 8 nitrogen and oxygen atoms in total. The van der Waals surface area contributed by atoms with Gasteiger partial charge in [0, 0.05) is 24.3 Å². The molecule has 0 fully saturated rings. The van der Waals surface area contributed by atoms with E-state index < -0.39 is 23.9 Å². The first-order valence-electron chi connectivity index (χ1n) is 11.2. The summed E-state index contributed by atoms with van der Waals surface area (Å²) < 4.78 is 17.5. The number of hydrogen-bond donors (Lipinski definition) is 0. The summed E-state index contributed by atoms with van der Waals surface area (Å²) in [4.78, 5) is 44.5. The van der Waals surface area contributed by atoms with E-state index in [4.69, 9.17) is 0 Å². The Balaban J connectivity index is 0.000000400. The molecule has 0 saturated carbocycles. The Morgan fingerprint density at radius 2 is 0.775 bits per heavy atom. The van der Waals surface area contributed by atoms with Crippen LogP contribution >= 0.6 is 65.0 Å². The highest BCUT2D eigenvalue weighted by molar-refractivity contribution is 9.06. The first-order valence-corrected chi connectivity index (χ1v) is 13.8. The Kier molecular flexibility index (Phi) is 16.3. The van der Waals surface area contributed by atoms with Crippen LogP contribution in [0.15, 0.2) is 48.6 Å². The summed E-state index contributed by atoms with van der Waals surface area (Å²) in [6, 6.07) is 7.60. The van der Waals surface area contributed by atoms with Gasteiger partial charge in [-0.3, -0.25) is 0 Å². The van der Waals surface area contributed by atoms with Gasteiger partial charge in [0.25, 0.3) is 0 Å². The molecule has 0 aromatic heterocycles. The Morgan fingerprint density at radius 1 is 0.500 bits per heavy atom. The highest BCUT2D eigenvalue weighted by Gasteiger charge is 2.07. The smallest absolute Gasteiger partial charge is 0.342 e. The fourth-order valence-electron chi connectivity index (χ4n) is 3.17. The average Bonchev–Trinajstić information content (AvgIpc) is 2.96. The van der Waals surface area contributed by atoms with E-state index in [1.165, 1.54) is 24.3 Å².